The Kier molecular flexibility index (Phi) is 4.34. The monoisotopic (exact) mass is 361 g/mol. The molecule has 1 unspecified atom stereocenters. The molecule has 0 spiro atoms. The van der Waals surface area contributed by atoms with E-state index < -0.39 is 12.1 Å². The second-order valence-corrected chi connectivity index (χ2v) is 6.71. The van der Waals surface area contributed by atoms with Crippen LogP contribution in [0.3, 0.4) is 0 Å². The van der Waals surface area contributed by atoms with Crippen molar-refractivity contribution in [3.63, 3.8) is 0 Å². The van der Waals surface area contributed by atoms with Gasteiger partial charge >= 0.3 is 11.2 Å². The summed E-state index contributed by atoms with van der Waals surface area (Å²) < 4.78 is 1.67. The Morgan fingerprint density at radius 1 is 1.24 bits per heavy atom. The molecular weight excluding hydrogens is 344 g/mol. The molecule has 1 fully saturated rings. The molecule has 0 aliphatic carbocycles. The standard InChI is InChI=1S/C16H16N4O4S/c1-18-12-13(19(2)16(24)20(3)14(12)23)17-15(18)25-8-11(22)9-4-6-10(21)7-5-9/h4-7,12H,8H2,1-3H3/p+1. The van der Waals surface area contributed by atoms with Crippen molar-refractivity contribution in [2.75, 3.05) is 26.9 Å². The summed E-state index contributed by atoms with van der Waals surface area (Å²) in [5.74, 6) is 0.143. The molecule has 3 amide bonds. The highest BCUT2D eigenvalue weighted by Crippen LogP contribution is 2.22. The fourth-order valence-electron chi connectivity index (χ4n) is 2.65. The van der Waals surface area contributed by atoms with Crippen LogP contribution in [0, 0.1) is 0 Å². The predicted octanol–water partition coefficient (Wildman–Crippen LogP) is 0.611. The molecular formula is C16H17N4O4S+. The van der Waals surface area contributed by atoms with Gasteiger partial charge in [-0.15, -0.1) is 0 Å². The zero-order chi connectivity index (χ0) is 18.3. The number of imide groups is 1. The number of aromatic hydroxyl groups is 1. The predicted molar refractivity (Wildman–Crippen MR) is 93.2 cm³/mol. The fourth-order valence-corrected chi connectivity index (χ4v) is 3.55. The molecule has 1 aromatic carbocycles. The number of likely N-dealkylation sites (N-methyl/N-ethyl adjacent to an activating group) is 3. The third-order valence-corrected chi connectivity index (χ3v) is 5.19. The van der Waals surface area contributed by atoms with E-state index in [0.717, 1.165) is 4.90 Å². The maximum Gasteiger partial charge on any atom is 0.358 e. The topological polar surface area (TPSA) is 93.3 Å². The number of phenols is 1. The number of carbonyl (C=O) groups excluding carboxylic acids is 3. The number of benzene rings is 1. The molecule has 0 bridgehead atoms. The molecule has 1 aromatic rings. The summed E-state index contributed by atoms with van der Waals surface area (Å²) in [6.07, 6.45) is 0. The van der Waals surface area contributed by atoms with E-state index in [9.17, 15) is 19.5 Å². The summed E-state index contributed by atoms with van der Waals surface area (Å²) in [5.41, 5.74) is 0.486. The number of ketones is 1. The van der Waals surface area contributed by atoms with Crippen molar-refractivity contribution in [3.05, 3.63) is 29.8 Å². The zero-order valence-electron chi connectivity index (χ0n) is 14.0. The molecule has 1 atom stereocenters. The number of rotatable bonds is 3. The van der Waals surface area contributed by atoms with E-state index in [1.807, 2.05) is 0 Å². The number of nitrogens with zero attached hydrogens (tertiary/aromatic N) is 4. The lowest BCUT2D eigenvalue weighted by atomic mass is 10.1. The summed E-state index contributed by atoms with van der Waals surface area (Å²) in [6.45, 7) is 0. The molecule has 0 radical (unpaired) electrons. The van der Waals surface area contributed by atoms with Gasteiger partial charge in [0, 0.05) is 19.7 Å². The maximum absolute atomic E-state index is 12.4. The highest BCUT2D eigenvalue weighted by molar-refractivity contribution is 8.14. The van der Waals surface area contributed by atoms with Crippen LogP contribution in [0.15, 0.2) is 29.3 Å². The summed E-state index contributed by atoms with van der Waals surface area (Å²) in [7, 11) is 4.72. The molecule has 1 saturated heterocycles. The smallest absolute Gasteiger partial charge is 0.358 e. The van der Waals surface area contributed by atoms with Gasteiger partial charge in [-0.05, 0) is 41.0 Å². The van der Waals surface area contributed by atoms with Crippen LogP contribution in [0.5, 0.6) is 5.75 Å². The van der Waals surface area contributed by atoms with Gasteiger partial charge in [-0.3, -0.25) is 19.4 Å². The molecule has 2 aliphatic rings. The van der Waals surface area contributed by atoms with E-state index in [4.69, 9.17) is 0 Å². The van der Waals surface area contributed by atoms with Crippen LogP contribution in [-0.4, -0.2) is 81.1 Å². The van der Waals surface area contributed by atoms with E-state index in [-0.39, 0.29) is 23.2 Å². The van der Waals surface area contributed by atoms with Gasteiger partial charge in [-0.2, -0.15) is 0 Å². The van der Waals surface area contributed by atoms with Crippen LogP contribution in [0.2, 0.25) is 0 Å². The Balaban J connectivity index is 1.77. The number of hydrogen-bond donors (Lipinski definition) is 1. The van der Waals surface area contributed by atoms with Gasteiger partial charge in [0.15, 0.2) is 5.78 Å². The minimum Gasteiger partial charge on any atom is -0.508 e. The first-order valence-corrected chi connectivity index (χ1v) is 8.48. The van der Waals surface area contributed by atoms with Crippen molar-refractivity contribution in [2.24, 2.45) is 4.99 Å². The summed E-state index contributed by atoms with van der Waals surface area (Å²) in [4.78, 5) is 43.4. The Morgan fingerprint density at radius 3 is 2.52 bits per heavy atom. The molecule has 8 nitrogen and oxygen atoms in total. The highest BCUT2D eigenvalue weighted by Gasteiger charge is 2.52. The first-order chi connectivity index (χ1) is 11.8. The van der Waals surface area contributed by atoms with Crippen LogP contribution in [0.25, 0.3) is 0 Å². The number of fused-ring (bicyclic) bond motifs is 1. The molecule has 2 aliphatic heterocycles. The van der Waals surface area contributed by atoms with Gasteiger partial charge in [0.05, 0.1) is 12.8 Å². The Bertz CT molecular complexity index is 831. The van der Waals surface area contributed by atoms with Gasteiger partial charge in [0.2, 0.25) is 0 Å². The number of urea groups is 1. The number of thioether (sulfide) groups is 1. The Hall–Kier alpha value is -2.68. The average molecular weight is 361 g/mol. The quantitative estimate of drug-likeness (QED) is 0.629. The third kappa shape index (κ3) is 2.91. The lowest BCUT2D eigenvalue weighted by Crippen LogP contribution is -2.61. The second kappa shape index (κ2) is 6.32. The number of amidine groups is 2. The fraction of sp³-hybridized carbons (Fsp3) is 0.312. The van der Waals surface area contributed by atoms with Gasteiger partial charge in [-0.25, -0.2) is 9.37 Å². The zero-order valence-corrected chi connectivity index (χ0v) is 14.8. The number of phenolic OH excluding ortho intramolecular Hbond substituents is 1. The average Bonchev–Trinajstić information content (AvgIpc) is 2.93. The van der Waals surface area contributed by atoms with E-state index in [0.29, 0.717) is 16.6 Å². The maximum atomic E-state index is 12.4. The number of carbonyl (C=O) groups is 3. The molecule has 9 heteroatoms. The van der Waals surface area contributed by atoms with Crippen LogP contribution >= 0.6 is 11.8 Å². The summed E-state index contributed by atoms with van der Waals surface area (Å²) >= 11 is 1.21. The van der Waals surface area contributed by atoms with Crippen LogP contribution in [0.1, 0.15) is 10.4 Å². The minimum absolute atomic E-state index is 0.0971. The van der Waals surface area contributed by atoms with Crippen LogP contribution < -0.4 is 0 Å². The number of aliphatic imine (C=N–C) groups is 1. The normalized spacial score (nSPS) is 20.1. The van der Waals surface area contributed by atoms with E-state index in [1.54, 1.807) is 30.8 Å². The van der Waals surface area contributed by atoms with Crippen molar-refractivity contribution in [1.29, 1.82) is 0 Å². The van der Waals surface area contributed by atoms with Crippen molar-refractivity contribution in [1.82, 2.24) is 9.80 Å². The van der Waals surface area contributed by atoms with Gasteiger partial charge in [0.1, 0.15) is 5.75 Å². The van der Waals surface area contributed by atoms with Crippen LogP contribution in [-0.2, 0) is 4.79 Å². The van der Waals surface area contributed by atoms with Gasteiger partial charge in [0.25, 0.3) is 17.8 Å². The summed E-state index contributed by atoms with van der Waals surface area (Å²) in [5, 5.41) is 9.78. The Labute approximate surface area is 148 Å². The molecule has 1 N–H and O–H groups in total. The van der Waals surface area contributed by atoms with Gasteiger partial charge in [-0.1, -0.05) is 0 Å². The molecule has 2 heterocycles. The molecule has 130 valence electrons. The first-order valence-electron chi connectivity index (χ1n) is 7.50. The van der Waals surface area contributed by atoms with Crippen molar-refractivity contribution in [2.45, 2.75) is 6.04 Å². The SMILES string of the molecule is CN1C(=O)C2C(=NC(SCC(=O)c3ccc(O)cc3)=[N+]2C)N(C)C1=O. The van der Waals surface area contributed by atoms with Gasteiger partial charge < -0.3 is 5.11 Å². The van der Waals surface area contributed by atoms with E-state index in [2.05, 4.69) is 4.99 Å². The molecule has 0 aromatic heterocycles. The first kappa shape index (κ1) is 17.2. The lowest BCUT2D eigenvalue weighted by molar-refractivity contribution is -0.502. The number of hydrogen-bond acceptors (Lipinski definition) is 6. The summed E-state index contributed by atoms with van der Waals surface area (Å²) in [6, 6.07) is 4.93. The number of Topliss-reactive ketones (excluding diaryl/α,β-unsaturated/α-hetero) is 1. The van der Waals surface area contributed by atoms with E-state index >= 15 is 0 Å². The van der Waals surface area contributed by atoms with Crippen molar-refractivity contribution >= 4 is 40.5 Å². The minimum atomic E-state index is -0.654. The largest absolute Gasteiger partial charge is 0.508 e. The molecule has 0 saturated carbocycles. The van der Waals surface area contributed by atoms with Crippen molar-refractivity contribution in [3.8, 4) is 5.75 Å². The lowest BCUT2D eigenvalue weighted by Gasteiger charge is -2.29. The molecule has 25 heavy (non-hydrogen) atoms. The van der Waals surface area contributed by atoms with Crippen molar-refractivity contribution < 1.29 is 24.1 Å². The van der Waals surface area contributed by atoms with Crippen LogP contribution in [0.4, 0.5) is 4.79 Å². The Morgan fingerprint density at radius 2 is 1.88 bits per heavy atom. The second-order valence-electron chi connectivity index (χ2n) is 5.76. The third-order valence-electron chi connectivity index (χ3n) is 4.15. The highest BCUT2D eigenvalue weighted by atomic mass is 32.2. The number of amides is 3. The van der Waals surface area contributed by atoms with E-state index in [1.165, 1.54) is 35.8 Å². The molecule has 3 rings (SSSR count).